The summed E-state index contributed by atoms with van der Waals surface area (Å²) in [5, 5.41) is 9.94. The fourth-order valence-electron chi connectivity index (χ4n) is 2.92. The van der Waals surface area contributed by atoms with E-state index in [0.29, 0.717) is 29.1 Å². The molecule has 0 aliphatic heterocycles. The third kappa shape index (κ3) is 4.87. The smallest absolute Gasteiger partial charge is 0.252 e. The number of carbonyl (C=O) groups is 1. The zero-order chi connectivity index (χ0) is 17.4. The highest BCUT2D eigenvalue weighted by Crippen LogP contribution is 2.42. The highest BCUT2D eigenvalue weighted by atomic mass is 35.5. The maximum absolute atomic E-state index is 12.1. The Kier molecular flexibility index (Phi) is 6.91. The minimum absolute atomic E-state index is 0.162. The third-order valence-corrected chi connectivity index (χ3v) is 5.17. The minimum atomic E-state index is -0.162. The Hall–Kier alpha value is -1.75. The molecule has 132 valence electrons. The summed E-state index contributed by atoms with van der Waals surface area (Å²) in [7, 11) is 1.76. The summed E-state index contributed by atoms with van der Waals surface area (Å²) in [5.74, 6) is 0.617. The van der Waals surface area contributed by atoms with Gasteiger partial charge in [-0.2, -0.15) is 0 Å². The Morgan fingerprint density at radius 1 is 1.21 bits per heavy atom. The standard InChI is InChI=1S/C18H27ClN4O/c1-3-18(9-6-10-18)13-23-17(20-2)22-12-11-21-16(24)14-7-4-5-8-15(14)19/h4-5,7-8H,3,6,9-13H2,1-2H3,(H,21,24)(H2,20,22,23). The van der Waals surface area contributed by atoms with Gasteiger partial charge >= 0.3 is 0 Å². The zero-order valence-corrected chi connectivity index (χ0v) is 15.2. The van der Waals surface area contributed by atoms with Gasteiger partial charge < -0.3 is 16.0 Å². The van der Waals surface area contributed by atoms with Crippen molar-refractivity contribution in [3.8, 4) is 0 Å². The van der Waals surface area contributed by atoms with Crippen molar-refractivity contribution < 1.29 is 4.79 Å². The largest absolute Gasteiger partial charge is 0.356 e. The molecule has 1 aliphatic rings. The van der Waals surface area contributed by atoms with Gasteiger partial charge in [0.2, 0.25) is 0 Å². The molecule has 0 atom stereocenters. The first kappa shape index (κ1) is 18.6. The van der Waals surface area contributed by atoms with E-state index in [2.05, 4.69) is 27.9 Å². The second kappa shape index (κ2) is 8.92. The van der Waals surface area contributed by atoms with Crippen LogP contribution in [0, 0.1) is 5.41 Å². The van der Waals surface area contributed by atoms with Crippen LogP contribution in [0.15, 0.2) is 29.3 Å². The quantitative estimate of drug-likeness (QED) is 0.402. The van der Waals surface area contributed by atoms with E-state index in [1.165, 1.54) is 25.7 Å². The Morgan fingerprint density at radius 3 is 2.50 bits per heavy atom. The lowest BCUT2D eigenvalue weighted by molar-refractivity contribution is 0.0954. The maximum Gasteiger partial charge on any atom is 0.252 e. The summed E-state index contributed by atoms with van der Waals surface area (Å²) in [6, 6.07) is 7.04. The van der Waals surface area contributed by atoms with Crippen LogP contribution < -0.4 is 16.0 Å². The number of guanidine groups is 1. The number of hydrogen-bond donors (Lipinski definition) is 3. The molecule has 24 heavy (non-hydrogen) atoms. The average molecular weight is 351 g/mol. The van der Waals surface area contributed by atoms with Gasteiger partial charge in [-0.25, -0.2) is 0 Å². The van der Waals surface area contributed by atoms with E-state index in [4.69, 9.17) is 11.6 Å². The van der Waals surface area contributed by atoms with Crippen LogP contribution in [-0.2, 0) is 0 Å². The van der Waals surface area contributed by atoms with Crippen molar-refractivity contribution in [3.63, 3.8) is 0 Å². The minimum Gasteiger partial charge on any atom is -0.356 e. The van der Waals surface area contributed by atoms with E-state index in [9.17, 15) is 4.79 Å². The third-order valence-electron chi connectivity index (χ3n) is 4.84. The molecule has 0 radical (unpaired) electrons. The lowest BCUT2D eigenvalue weighted by atomic mass is 9.67. The van der Waals surface area contributed by atoms with Crippen molar-refractivity contribution in [2.24, 2.45) is 10.4 Å². The molecule has 1 fully saturated rings. The number of amides is 1. The Balaban J connectivity index is 1.69. The van der Waals surface area contributed by atoms with Gasteiger partial charge in [-0.3, -0.25) is 9.79 Å². The van der Waals surface area contributed by atoms with E-state index in [0.717, 1.165) is 12.5 Å². The van der Waals surface area contributed by atoms with E-state index < -0.39 is 0 Å². The van der Waals surface area contributed by atoms with Crippen molar-refractivity contribution in [1.82, 2.24) is 16.0 Å². The topological polar surface area (TPSA) is 65.5 Å². The summed E-state index contributed by atoms with van der Waals surface area (Å²) in [4.78, 5) is 16.3. The molecule has 0 bridgehead atoms. The summed E-state index contributed by atoms with van der Waals surface area (Å²) in [6.07, 6.45) is 5.11. The lowest BCUT2D eigenvalue weighted by Gasteiger charge is -2.41. The van der Waals surface area contributed by atoms with Crippen LogP contribution in [0.3, 0.4) is 0 Å². The van der Waals surface area contributed by atoms with Crippen molar-refractivity contribution >= 4 is 23.5 Å². The van der Waals surface area contributed by atoms with Gasteiger partial charge in [-0.05, 0) is 36.8 Å². The first-order valence-electron chi connectivity index (χ1n) is 8.57. The predicted molar refractivity (Wildman–Crippen MR) is 99.7 cm³/mol. The van der Waals surface area contributed by atoms with E-state index in [1.807, 2.05) is 6.07 Å². The van der Waals surface area contributed by atoms with Crippen LogP contribution in [0.2, 0.25) is 5.02 Å². The highest BCUT2D eigenvalue weighted by molar-refractivity contribution is 6.33. The Bertz CT molecular complexity index is 579. The molecule has 6 heteroatoms. The molecule has 1 saturated carbocycles. The molecule has 1 aliphatic carbocycles. The van der Waals surface area contributed by atoms with Gasteiger partial charge in [0.1, 0.15) is 0 Å². The van der Waals surface area contributed by atoms with Gasteiger partial charge in [0.25, 0.3) is 5.91 Å². The molecule has 1 aromatic carbocycles. The first-order chi connectivity index (χ1) is 11.6. The molecule has 3 N–H and O–H groups in total. The molecular formula is C18H27ClN4O. The predicted octanol–water partition coefficient (Wildman–Crippen LogP) is 2.82. The molecule has 0 saturated heterocycles. The fraction of sp³-hybridized carbons (Fsp3) is 0.556. The first-order valence-corrected chi connectivity index (χ1v) is 8.95. The molecule has 0 heterocycles. The highest BCUT2D eigenvalue weighted by Gasteiger charge is 2.34. The number of halogens is 1. The van der Waals surface area contributed by atoms with E-state index >= 15 is 0 Å². The molecular weight excluding hydrogens is 324 g/mol. The van der Waals surface area contributed by atoms with Crippen LogP contribution in [-0.4, -0.2) is 38.5 Å². The summed E-state index contributed by atoms with van der Waals surface area (Å²) in [5.41, 5.74) is 0.937. The van der Waals surface area contributed by atoms with E-state index in [1.54, 1.807) is 25.2 Å². The fourth-order valence-corrected chi connectivity index (χ4v) is 3.14. The summed E-state index contributed by atoms with van der Waals surface area (Å²) < 4.78 is 0. The second-order valence-corrected chi connectivity index (χ2v) is 6.70. The van der Waals surface area contributed by atoms with Gasteiger partial charge in [0.05, 0.1) is 10.6 Å². The van der Waals surface area contributed by atoms with Crippen LogP contribution in [0.4, 0.5) is 0 Å². The molecule has 0 unspecified atom stereocenters. The monoisotopic (exact) mass is 350 g/mol. The summed E-state index contributed by atoms with van der Waals surface area (Å²) >= 11 is 6.02. The normalized spacial score (nSPS) is 16.2. The maximum atomic E-state index is 12.1. The van der Waals surface area contributed by atoms with E-state index in [-0.39, 0.29) is 5.91 Å². The second-order valence-electron chi connectivity index (χ2n) is 6.30. The average Bonchev–Trinajstić information content (AvgIpc) is 2.56. The SMILES string of the molecule is CCC1(CNC(=NC)NCCNC(=O)c2ccccc2Cl)CCC1. The van der Waals surface area contributed by atoms with Crippen molar-refractivity contribution in [2.75, 3.05) is 26.7 Å². The van der Waals surface area contributed by atoms with Gasteiger partial charge in [0.15, 0.2) is 5.96 Å². The zero-order valence-electron chi connectivity index (χ0n) is 14.5. The Labute approximate surface area is 149 Å². The number of aliphatic imine (C=N–C) groups is 1. The molecule has 0 spiro atoms. The molecule has 1 aromatic rings. The van der Waals surface area contributed by atoms with Crippen LogP contribution in [0.5, 0.6) is 0 Å². The van der Waals surface area contributed by atoms with Gasteiger partial charge in [0, 0.05) is 26.7 Å². The van der Waals surface area contributed by atoms with Crippen molar-refractivity contribution in [1.29, 1.82) is 0 Å². The van der Waals surface area contributed by atoms with Gasteiger partial charge in [-0.1, -0.05) is 37.1 Å². The lowest BCUT2D eigenvalue weighted by Crippen LogP contribution is -2.47. The van der Waals surface area contributed by atoms with Crippen LogP contribution in [0.1, 0.15) is 43.0 Å². The van der Waals surface area contributed by atoms with Crippen LogP contribution >= 0.6 is 11.6 Å². The van der Waals surface area contributed by atoms with Crippen molar-refractivity contribution in [2.45, 2.75) is 32.6 Å². The molecule has 0 aromatic heterocycles. The van der Waals surface area contributed by atoms with Crippen LogP contribution in [0.25, 0.3) is 0 Å². The Morgan fingerprint density at radius 2 is 1.92 bits per heavy atom. The number of benzene rings is 1. The number of hydrogen-bond acceptors (Lipinski definition) is 2. The number of carbonyl (C=O) groups excluding carboxylic acids is 1. The number of nitrogens with zero attached hydrogens (tertiary/aromatic N) is 1. The van der Waals surface area contributed by atoms with Gasteiger partial charge in [-0.15, -0.1) is 0 Å². The van der Waals surface area contributed by atoms with Crippen molar-refractivity contribution in [3.05, 3.63) is 34.9 Å². The molecule has 1 amide bonds. The molecule has 5 nitrogen and oxygen atoms in total. The summed E-state index contributed by atoms with van der Waals surface area (Å²) in [6.45, 7) is 4.31. The number of rotatable bonds is 7. The molecule has 2 rings (SSSR count). The number of nitrogens with one attached hydrogen (secondary N) is 3.